The highest BCUT2D eigenvalue weighted by Gasteiger charge is 2.33. The van der Waals surface area contributed by atoms with Gasteiger partial charge in [0.2, 0.25) is 5.91 Å². The summed E-state index contributed by atoms with van der Waals surface area (Å²) in [6.07, 6.45) is 2.91. The Morgan fingerprint density at radius 2 is 1.93 bits per heavy atom. The van der Waals surface area contributed by atoms with E-state index in [0.717, 1.165) is 36.1 Å². The van der Waals surface area contributed by atoms with Crippen molar-refractivity contribution in [1.29, 1.82) is 0 Å². The van der Waals surface area contributed by atoms with Gasteiger partial charge in [-0.25, -0.2) is 0 Å². The average molecular weight is 385 g/mol. The molecule has 4 nitrogen and oxygen atoms in total. The predicted octanol–water partition coefficient (Wildman–Crippen LogP) is 5.42. The first-order valence-electron chi connectivity index (χ1n) is 9.45. The van der Waals surface area contributed by atoms with E-state index < -0.39 is 0 Å². The molecule has 0 saturated heterocycles. The second kappa shape index (κ2) is 7.47. The second-order valence-electron chi connectivity index (χ2n) is 8.52. The Morgan fingerprint density at radius 1 is 1.19 bits per heavy atom. The number of thiophene rings is 1. The molecule has 0 bridgehead atoms. The summed E-state index contributed by atoms with van der Waals surface area (Å²) < 4.78 is 0. The lowest BCUT2D eigenvalue weighted by molar-refractivity contribution is -0.114. The van der Waals surface area contributed by atoms with Gasteiger partial charge in [0, 0.05) is 17.5 Å². The molecule has 1 aliphatic carbocycles. The summed E-state index contributed by atoms with van der Waals surface area (Å²) in [6.45, 7) is 10.3. The summed E-state index contributed by atoms with van der Waals surface area (Å²) in [5.41, 5.74) is 3.85. The number of amides is 2. The van der Waals surface area contributed by atoms with Crippen molar-refractivity contribution in [3.63, 3.8) is 0 Å². The lowest BCUT2D eigenvalue weighted by Crippen LogP contribution is -2.27. The third kappa shape index (κ3) is 4.41. The van der Waals surface area contributed by atoms with Crippen LogP contribution in [0.4, 0.5) is 10.7 Å². The van der Waals surface area contributed by atoms with Crippen LogP contribution in [-0.4, -0.2) is 11.8 Å². The van der Waals surface area contributed by atoms with Gasteiger partial charge in [0.05, 0.1) is 5.56 Å². The molecule has 1 heterocycles. The Hall–Kier alpha value is -2.14. The molecule has 0 fully saturated rings. The molecule has 1 aliphatic rings. The number of nitrogens with one attached hydrogen (secondary N) is 2. The van der Waals surface area contributed by atoms with Crippen LogP contribution in [0.2, 0.25) is 0 Å². The Kier molecular flexibility index (Phi) is 5.43. The highest BCUT2D eigenvalue weighted by atomic mass is 32.1. The minimum absolute atomic E-state index is 0.143. The van der Waals surface area contributed by atoms with Gasteiger partial charge in [-0.05, 0) is 60.8 Å². The van der Waals surface area contributed by atoms with E-state index in [4.69, 9.17) is 0 Å². The van der Waals surface area contributed by atoms with Gasteiger partial charge in [0.1, 0.15) is 5.00 Å². The molecule has 1 aromatic heterocycles. The fourth-order valence-electron chi connectivity index (χ4n) is 3.73. The van der Waals surface area contributed by atoms with Crippen molar-refractivity contribution in [2.45, 2.75) is 53.9 Å². The van der Waals surface area contributed by atoms with E-state index in [1.165, 1.54) is 11.8 Å². The number of fused-ring (bicyclic) bond motifs is 1. The molecule has 1 aromatic carbocycles. The predicted molar refractivity (Wildman–Crippen MR) is 113 cm³/mol. The molecule has 2 N–H and O–H groups in total. The molecule has 0 radical (unpaired) electrons. The third-order valence-electron chi connectivity index (χ3n) is 5.28. The van der Waals surface area contributed by atoms with Gasteiger partial charge in [0.25, 0.3) is 5.91 Å². The minimum Gasteiger partial charge on any atom is -0.322 e. The number of aryl methyl sites for hydroxylation is 1. The van der Waals surface area contributed by atoms with E-state index in [9.17, 15) is 9.59 Å². The summed E-state index contributed by atoms with van der Waals surface area (Å²) in [4.78, 5) is 26.0. The van der Waals surface area contributed by atoms with Gasteiger partial charge in [-0.2, -0.15) is 0 Å². The highest BCUT2D eigenvalue weighted by molar-refractivity contribution is 7.17. The van der Waals surface area contributed by atoms with Crippen molar-refractivity contribution in [3.05, 3.63) is 45.8 Å². The van der Waals surface area contributed by atoms with E-state index in [-0.39, 0.29) is 17.2 Å². The summed E-state index contributed by atoms with van der Waals surface area (Å²) in [7, 11) is 0. The quantitative estimate of drug-likeness (QED) is 0.742. The third-order valence-corrected chi connectivity index (χ3v) is 6.45. The van der Waals surface area contributed by atoms with Crippen LogP contribution in [0, 0.1) is 18.3 Å². The van der Waals surface area contributed by atoms with Gasteiger partial charge in [-0.3, -0.25) is 9.59 Å². The first kappa shape index (κ1) is 19.6. The van der Waals surface area contributed by atoms with E-state index in [2.05, 4.69) is 31.4 Å². The maximum Gasteiger partial charge on any atom is 0.258 e. The second-order valence-corrected chi connectivity index (χ2v) is 9.62. The average Bonchev–Trinajstić information content (AvgIpc) is 2.90. The molecule has 27 heavy (non-hydrogen) atoms. The Balaban J connectivity index is 1.95. The summed E-state index contributed by atoms with van der Waals surface area (Å²) >= 11 is 1.56. The molecular weight excluding hydrogens is 356 g/mol. The number of hydrogen-bond acceptors (Lipinski definition) is 3. The van der Waals surface area contributed by atoms with Crippen LogP contribution < -0.4 is 10.6 Å². The summed E-state index contributed by atoms with van der Waals surface area (Å²) in [6, 6.07) is 7.76. The van der Waals surface area contributed by atoms with Gasteiger partial charge < -0.3 is 10.6 Å². The molecule has 5 heteroatoms. The first-order chi connectivity index (χ1) is 12.6. The van der Waals surface area contributed by atoms with Crippen molar-refractivity contribution in [1.82, 2.24) is 0 Å². The number of rotatable bonds is 3. The normalized spacial score (nSPS) is 16.6. The maximum atomic E-state index is 13.1. The molecule has 0 saturated carbocycles. The molecule has 0 unspecified atom stereocenters. The molecule has 2 amide bonds. The molecule has 3 rings (SSSR count). The smallest absolute Gasteiger partial charge is 0.258 e. The SMILES string of the molecule is CC(=O)Nc1sc2c(c1C(=O)Nc1cccc(C)c1)CC[C@H](C(C)(C)C)C2. The maximum absolute atomic E-state index is 13.1. The summed E-state index contributed by atoms with van der Waals surface area (Å²) in [5.74, 6) is 0.295. The highest BCUT2D eigenvalue weighted by Crippen LogP contribution is 2.44. The van der Waals surface area contributed by atoms with Crippen LogP contribution in [0.25, 0.3) is 0 Å². The fraction of sp³-hybridized carbons (Fsp3) is 0.455. The fourth-order valence-corrected chi connectivity index (χ4v) is 5.10. The van der Waals surface area contributed by atoms with Crippen molar-refractivity contribution in [2.75, 3.05) is 10.6 Å². The Morgan fingerprint density at radius 3 is 2.56 bits per heavy atom. The van der Waals surface area contributed by atoms with E-state index in [0.29, 0.717) is 16.5 Å². The number of anilines is 2. The van der Waals surface area contributed by atoms with E-state index in [1.807, 2.05) is 31.2 Å². The van der Waals surface area contributed by atoms with Crippen LogP contribution in [-0.2, 0) is 17.6 Å². The molecular formula is C22H28N2O2S. The lowest BCUT2D eigenvalue weighted by Gasteiger charge is -2.33. The number of carbonyl (C=O) groups is 2. The van der Waals surface area contributed by atoms with Crippen molar-refractivity contribution in [2.24, 2.45) is 11.3 Å². The van der Waals surface area contributed by atoms with Crippen molar-refractivity contribution >= 4 is 33.8 Å². The van der Waals surface area contributed by atoms with Crippen LogP contribution in [0.5, 0.6) is 0 Å². The van der Waals surface area contributed by atoms with Crippen LogP contribution >= 0.6 is 11.3 Å². The number of carbonyl (C=O) groups excluding carboxylic acids is 2. The standard InChI is InChI=1S/C22H28N2O2S/c1-13-7-6-8-16(11-13)24-20(26)19-17-10-9-15(22(3,4)5)12-18(17)27-21(19)23-14(2)25/h6-8,11,15H,9-10,12H2,1-5H3,(H,23,25)(H,24,26)/t15-/m0/s1. The zero-order chi connectivity index (χ0) is 19.8. The summed E-state index contributed by atoms with van der Waals surface area (Å²) in [5, 5.41) is 6.56. The number of hydrogen-bond donors (Lipinski definition) is 2. The molecule has 144 valence electrons. The van der Waals surface area contributed by atoms with Gasteiger partial charge in [-0.15, -0.1) is 11.3 Å². The van der Waals surface area contributed by atoms with Crippen molar-refractivity contribution in [3.8, 4) is 0 Å². The number of benzene rings is 1. The Labute approximate surface area is 165 Å². The minimum atomic E-state index is -0.148. The Bertz CT molecular complexity index is 877. The molecule has 1 atom stereocenters. The van der Waals surface area contributed by atoms with E-state index >= 15 is 0 Å². The van der Waals surface area contributed by atoms with Gasteiger partial charge in [0.15, 0.2) is 0 Å². The van der Waals surface area contributed by atoms with Crippen LogP contribution in [0.15, 0.2) is 24.3 Å². The van der Waals surface area contributed by atoms with Crippen molar-refractivity contribution < 1.29 is 9.59 Å². The topological polar surface area (TPSA) is 58.2 Å². The molecule has 2 aromatic rings. The largest absolute Gasteiger partial charge is 0.322 e. The monoisotopic (exact) mass is 384 g/mol. The van der Waals surface area contributed by atoms with Gasteiger partial charge in [-0.1, -0.05) is 32.9 Å². The zero-order valence-corrected chi connectivity index (χ0v) is 17.5. The molecule has 0 spiro atoms. The van der Waals surface area contributed by atoms with E-state index in [1.54, 1.807) is 11.3 Å². The first-order valence-corrected chi connectivity index (χ1v) is 10.3. The van der Waals surface area contributed by atoms with Gasteiger partial charge >= 0.3 is 0 Å². The zero-order valence-electron chi connectivity index (χ0n) is 16.7. The van der Waals surface area contributed by atoms with Crippen LogP contribution in [0.1, 0.15) is 60.5 Å². The van der Waals surface area contributed by atoms with Crippen LogP contribution in [0.3, 0.4) is 0 Å². The molecule has 0 aliphatic heterocycles. The lowest BCUT2D eigenvalue weighted by atomic mass is 9.72.